The summed E-state index contributed by atoms with van der Waals surface area (Å²) in [7, 11) is 1.21. The number of rotatable bonds is 13. The number of H-pyrrole nitrogens is 1. The zero-order valence-corrected chi connectivity index (χ0v) is 24.9. The Morgan fingerprint density at radius 1 is 1.19 bits per heavy atom. The van der Waals surface area contributed by atoms with Crippen LogP contribution < -0.4 is 21.3 Å². The van der Waals surface area contributed by atoms with E-state index in [1.807, 2.05) is 0 Å². The molecule has 0 spiro atoms. The molecule has 4 amide bonds. The van der Waals surface area contributed by atoms with Crippen LogP contribution in [0.3, 0.4) is 0 Å². The molecule has 3 rings (SSSR count). The van der Waals surface area contributed by atoms with Crippen molar-refractivity contribution in [1.29, 1.82) is 0 Å². The number of likely N-dealkylation sites (N-methyl/N-ethyl adjacent to an activating group) is 1. The third-order valence-corrected chi connectivity index (χ3v) is 7.46. The van der Waals surface area contributed by atoms with E-state index in [0.29, 0.717) is 48.4 Å². The molecular weight excluding hydrogens is 543 g/mol. The lowest BCUT2D eigenvalue weighted by Gasteiger charge is -2.21. The summed E-state index contributed by atoms with van der Waals surface area (Å²) in [5.41, 5.74) is 8.16. The molecule has 0 aliphatic carbocycles. The predicted octanol–water partition coefficient (Wildman–Crippen LogP) is 3.11. The highest BCUT2D eigenvalue weighted by Crippen LogP contribution is 2.39. The quantitative estimate of drug-likeness (QED) is 0.161. The van der Waals surface area contributed by atoms with E-state index in [2.05, 4.69) is 34.4 Å². The maximum absolute atomic E-state index is 14.4. The molecule has 1 aliphatic rings. The third-order valence-electron chi connectivity index (χ3n) is 7.46. The Labute approximate surface area is 245 Å². The van der Waals surface area contributed by atoms with E-state index < -0.39 is 29.8 Å². The van der Waals surface area contributed by atoms with Gasteiger partial charge in [-0.15, -0.1) is 0 Å². The number of aromatic amines is 1. The number of imide groups is 1. The monoisotopic (exact) mass is 584 g/mol. The number of anilines is 1. The van der Waals surface area contributed by atoms with Gasteiger partial charge in [-0.05, 0) is 82.6 Å². The van der Waals surface area contributed by atoms with Crippen LogP contribution in [0.2, 0.25) is 0 Å². The van der Waals surface area contributed by atoms with Crippen molar-refractivity contribution in [3.05, 3.63) is 52.1 Å². The van der Waals surface area contributed by atoms with Crippen LogP contribution in [0, 0.1) is 19.7 Å². The Balaban J connectivity index is 1.91. The number of unbranched alkanes of at least 4 members (excludes halogenated alkanes) is 1. The van der Waals surface area contributed by atoms with Gasteiger partial charge in [0.1, 0.15) is 11.9 Å². The van der Waals surface area contributed by atoms with Gasteiger partial charge in [-0.1, -0.05) is 13.8 Å². The molecule has 2 aromatic rings. The van der Waals surface area contributed by atoms with E-state index in [1.54, 1.807) is 13.8 Å². The van der Waals surface area contributed by atoms with Gasteiger partial charge in [-0.25, -0.2) is 18.9 Å². The molecule has 1 aromatic heterocycles. The van der Waals surface area contributed by atoms with E-state index in [1.165, 1.54) is 25.3 Å². The molecule has 228 valence electrons. The topological polar surface area (TPSA) is 150 Å². The fourth-order valence-electron chi connectivity index (χ4n) is 5.06. The van der Waals surface area contributed by atoms with Crippen molar-refractivity contribution in [2.45, 2.75) is 53.0 Å². The number of aromatic nitrogens is 1. The summed E-state index contributed by atoms with van der Waals surface area (Å²) in [5.74, 6) is -2.18. The standard InChI is InChI=1S/C30H41FN6O5/c1-6-36(7-2)15-14-33-27(38)26-18(3)24(34-19(26)4)17-22-21-16-20(31)11-12-25(21)37(28(22)39)30(41)35-23(29(40)42-5)10-8-9-13-32/h11-12,16-17,23,34H,6-10,13-15,32H2,1-5H3,(H,33,38)(H,35,41)/b22-17-/t23-/m0/s1. The van der Waals surface area contributed by atoms with Crippen LogP contribution in [0.1, 0.15) is 66.0 Å². The predicted molar refractivity (Wildman–Crippen MR) is 159 cm³/mol. The first-order chi connectivity index (χ1) is 20.1. The summed E-state index contributed by atoms with van der Waals surface area (Å²) in [5, 5.41) is 5.53. The first-order valence-electron chi connectivity index (χ1n) is 14.2. The molecule has 0 fully saturated rings. The molecule has 0 bridgehead atoms. The first-order valence-corrected chi connectivity index (χ1v) is 14.2. The maximum atomic E-state index is 14.4. The minimum absolute atomic E-state index is 0.0650. The normalized spacial score (nSPS) is 14.3. The second kappa shape index (κ2) is 14.7. The van der Waals surface area contributed by atoms with E-state index in [9.17, 15) is 23.6 Å². The lowest BCUT2D eigenvalue weighted by molar-refractivity contribution is -0.143. The Kier molecular flexibility index (Phi) is 11.4. The number of aryl methyl sites for hydroxylation is 1. The molecule has 42 heavy (non-hydrogen) atoms. The van der Waals surface area contributed by atoms with Gasteiger partial charge in [0.25, 0.3) is 11.8 Å². The van der Waals surface area contributed by atoms with Crippen LogP contribution >= 0.6 is 0 Å². The molecule has 0 saturated carbocycles. The van der Waals surface area contributed by atoms with Crippen LogP contribution in [0.15, 0.2) is 18.2 Å². The number of carbonyl (C=O) groups is 4. The average Bonchev–Trinajstić information content (AvgIpc) is 3.40. The number of ether oxygens (including phenoxy) is 1. The number of halogens is 1. The number of hydrogen-bond donors (Lipinski definition) is 4. The number of nitrogens with one attached hydrogen (secondary N) is 3. The number of hydrogen-bond acceptors (Lipinski definition) is 7. The number of methoxy groups -OCH3 is 1. The van der Waals surface area contributed by atoms with Crippen LogP contribution in [-0.4, -0.2) is 79.6 Å². The Hall–Kier alpha value is -4.03. The highest BCUT2D eigenvalue weighted by Gasteiger charge is 2.39. The molecule has 1 atom stereocenters. The van der Waals surface area contributed by atoms with Gasteiger partial charge in [-0.2, -0.15) is 0 Å². The number of amides is 4. The van der Waals surface area contributed by atoms with Gasteiger partial charge in [0.15, 0.2) is 0 Å². The Morgan fingerprint density at radius 2 is 1.90 bits per heavy atom. The van der Waals surface area contributed by atoms with Gasteiger partial charge in [0, 0.05) is 30.0 Å². The average molecular weight is 585 g/mol. The first kappa shape index (κ1) is 32.5. The summed E-state index contributed by atoms with van der Waals surface area (Å²) in [6.07, 6.45) is 3.00. The highest BCUT2D eigenvalue weighted by atomic mass is 19.1. The van der Waals surface area contributed by atoms with Gasteiger partial charge in [-0.3, -0.25) is 9.59 Å². The van der Waals surface area contributed by atoms with Gasteiger partial charge >= 0.3 is 12.0 Å². The second-order valence-corrected chi connectivity index (χ2v) is 10.1. The molecule has 0 saturated heterocycles. The Bertz CT molecular complexity index is 1350. The second-order valence-electron chi connectivity index (χ2n) is 10.1. The summed E-state index contributed by atoms with van der Waals surface area (Å²) in [6.45, 7) is 11.0. The molecule has 1 aliphatic heterocycles. The van der Waals surface area contributed by atoms with Crippen molar-refractivity contribution in [1.82, 2.24) is 20.5 Å². The number of nitrogens with two attached hydrogens (primary N) is 1. The van der Waals surface area contributed by atoms with Gasteiger partial charge < -0.3 is 31.0 Å². The molecule has 2 heterocycles. The zero-order chi connectivity index (χ0) is 31.0. The summed E-state index contributed by atoms with van der Waals surface area (Å²) in [4.78, 5) is 58.6. The zero-order valence-electron chi connectivity index (χ0n) is 24.9. The minimum atomic E-state index is -0.991. The number of carbonyl (C=O) groups excluding carboxylic acids is 4. The number of esters is 1. The van der Waals surface area contributed by atoms with Crippen LogP contribution in [0.4, 0.5) is 14.9 Å². The molecule has 5 N–H and O–H groups in total. The SMILES string of the molecule is CCN(CC)CCNC(=O)c1c(C)[nH]c(/C=C2\C(=O)N(C(=O)N[C@@H](CCCCN)C(=O)OC)c3ccc(F)cc32)c1C. The molecule has 12 heteroatoms. The summed E-state index contributed by atoms with van der Waals surface area (Å²) in [6, 6.07) is 1.84. The van der Waals surface area contributed by atoms with E-state index >= 15 is 0 Å². The van der Waals surface area contributed by atoms with Crippen molar-refractivity contribution in [2.75, 3.05) is 44.7 Å². The lowest BCUT2D eigenvalue weighted by Crippen LogP contribution is -2.49. The van der Waals surface area contributed by atoms with Crippen molar-refractivity contribution in [3.8, 4) is 0 Å². The van der Waals surface area contributed by atoms with Crippen molar-refractivity contribution >= 4 is 41.2 Å². The van der Waals surface area contributed by atoms with Crippen LogP contribution in [0.5, 0.6) is 0 Å². The molecular formula is C30H41FN6O5. The fourth-order valence-corrected chi connectivity index (χ4v) is 5.06. The van der Waals surface area contributed by atoms with Gasteiger partial charge in [0.2, 0.25) is 0 Å². The summed E-state index contributed by atoms with van der Waals surface area (Å²) >= 11 is 0. The number of urea groups is 1. The smallest absolute Gasteiger partial charge is 0.329 e. The molecule has 1 aromatic carbocycles. The van der Waals surface area contributed by atoms with E-state index in [4.69, 9.17) is 10.5 Å². The minimum Gasteiger partial charge on any atom is -0.467 e. The van der Waals surface area contributed by atoms with E-state index in [-0.39, 0.29) is 29.2 Å². The van der Waals surface area contributed by atoms with Crippen LogP contribution in [0.25, 0.3) is 11.6 Å². The van der Waals surface area contributed by atoms with Crippen molar-refractivity contribution in [3.63, 3.8) is 0 Å². The largest absolute Gasteiger partial charge is 0.467 e. The fraction of sp³-hybridized carbons (Fsp3) is 0.467. The van der Waals surface area contributed by atoms with Crippen LogP contribution in [-0.2, 0) is 14.3 Å². The third kappa shape index (κ3) is 7.24. The molecule has 0 unspecified atom stereocenters. The molecule has 0 radical (unpaired) electrons. The summed E-state index contributed by atoms with van der Waals surface area (Å²) < 4.78 is 19.2. The number of fused-ring (bicyclic) bond motifs is 1. The maximum Gasteiger partial charge on any atom is 0.329 e. The van der Waals surface area contributed by atoms with Gasteiger partial charge in [0.05, 0.1) is 23.9 Å². The lowest BCUT2D eigenvalue weighted by atomic mass is 10.0. The highest BCUT2D eigenvalue weighted by molar-refractivity contribution is 6.42. The van der Waals surface area contributed by atoms with Crippen molar-refractivity contribution in [2.24, 2.45) is 5.73 Å². The Morgan fingerprint density at radius 3 is 2.55 bits per heavy atom. The van der Waals surface area contributed by atoms with Crippen molar-refractivity contribution < 1.29 is 28.3 Å². The number of nitrogens with zero attached hydrogens (tertiary/aromatic N) is 2. The molecule has 11 nitrogen and oxygen atoms in total. The number of benzene rings is 1. The van der Waals surface area contributed by atoms with E-state index in [0.717, 1.165) is 30.6 Å².